The minimum atomic E-state index is -1.02. The van der Waals surface area contributed by atoms with E-state index in [1.807, 2.05) is 13.2 Å². The van der Waals surface area contributed by atoms with Gasteiger partial charge in [-0.2, -0.15) is 0 Å². The third kappa shape index (κ3) is 1.56. The van der Waals surface area contributed by atoms with Gasteiger partial charge in [-0.25, -0.2) is 14.8 Å². The largest absolute Gasteiger partial charge is 0.476 e. The van der Waals surface area contributed by atoms with Gasteiger partial charge in [0.2, 0.25) is 0 Å². The molecule has 15 heavy (non-hydrogen) atoms. The van der Waals surface area contributed by atoms with Crippen molar-refractivity contribution in [2.24, 2.45) is 0 Å². The van der Waals surface area contributed by atoms with Gasteiger partial charge in [-0.3, -0.25) is 4.40 Å². The first-order chi connectivity index (χ1) is 7.13. The first-order valence-electron chi connectivity index (χ1n) is 4.25. The maximum Gasteiger partial charge on any atom is 0.356 e. The quantitative estimate of drug-likeness (QED) is 0.616. The summed E-state index contributed by atoms with van der Waals surface area (Å²) in [6.45, 7) is 1.88. The molecule has 0 aromatic carbocycles. The number of aromatic carboxylic acids is 1. The van der Waals surface area contributed by atoms with Crippen LogP contribution in [0.5, 0.6) is 0 Å². The molecule has 0 spiro atoms. The van der Waals surface area contributed by atoms with Gasteiger partial charge in [0.15, 0.2) is 5.69 Å². The summed E-state index contributed by atoms with van der Waals surface area (Å²) < 4.78 is 1.62. The summed E-state index contributed by atoms with van der Waals surface area (Å²) >= 11 is 1.52. The van der Waals surface area contributed by atoms with Crippen molar-refractivity contribution in [2.75, 3.05) is 6.26 Å². The molecule has 1 N–H and O–H groups in total. The zero-order valence-corrected chi connectivity index (χ0v) is 9.08. The third-order valence-electron chi connectivity index (χ3n) is 2.10. The number of hydrogen-bond acceptors (Lipinski definition) is 4. The number of thioether (sulfide) groups is 1. The van der Waals surface area contributed by atoms with Gasteiger partial charge in [-0.05, 0) is 13.2 Å². The normalized spacial score (nSPS) is 10.8. The van der Waals surface area contributed by atoms with Gasteiger partial charge in [-0.1, -0.05) is 0 Å². The predicted molar refractivity (Wildman–Crippen MR) is 56.5 cm³/mol. The lowest BCUT2D eigenvalue weighted by Crippen LogP contribution is -1.95. The molecule has 2 aromatic heterocycles. The van der Waals surface area contributed by atoms with Crippen LogP contribution >= 0.6 is 11.8 Å². The Morgan fingerprint density at radius 2 is 2.33 bits per heavy atom. The van der Waals surface area contributed by atoms with Crippen molar-refractivity contribution < 1.29 is 9.90 Å². The van der Waals surface area contributed by atoms with Crippen LogP contribution in [0.1, 0.15) is 16.1 Å². The number of aryl methyl sites for hydroxylation is 1. The van der Waals surface area contributed by atoms with E-state index in [9.17, 15) is 4.79 Å². The molecule has 0 aliphatic heterocycles. The molecular formula is C9H9N3O2S. The summed E-state index contributed by atoms with van der Waals surface area (Å²) in [5.74, 6) is -1.02. The van der Waals surface area contributed by atoms with Crippen molar-refractivity contribution in [2.45, 2.75) is 11.9 Å². The summed E-state index contributed by atoms with van der Waals surface area (Å²) in [5.41, 5.74) is 1.59. The molecule has 78 valence electrons. The number of carboxylic acid groups (broad SMARTS) is 1. The Balaban J connectivity index is 2.71. The van der Waals surface area contributed by atoms with Gasteiger partial charge >= 0.3 is 5.97 Å². The van der Waals surface area contributed by atoms with E-state index >= 15 is 0 Å². The minimum Gasteiger partial charge on any atom is -0.476 e. The van der Waals surface area contributed by atoms with Crippen LogP contribution in [-0.2, 0) is 0 Å². The van der Waals surface area contributed by atoms with E-state index in [0.717, 1.165) is 10.6 Å². The molecule has 0 aliphatic carbocycles. The van der Waals surface area contributed by atoms with Crippen LogP contribution in [0.15, 0.2) is 17.6 Å². The van der Waals surface area contributed by atoms with Crippen LogP contribution in [0.25, 0.3) is 5.65 Å². The zero-order valence-electron chi connectivity index (χ0n) is 8.26. The minimum absolute atomic E-state index is 0.0400. The van der Waals surface area contributed by atoms with E-state index in [-0.39, 0.29) is 5.69 Å². The first kappa shape index (κ1) is 9.97. The average Bonchev–Trinajstić information content (AvgIpc) is 2.63. The monoisotopic (exact) mass is 223 g/mol. The van der Waals surface area contributed by atoms with Gasteiger partial charge in [0.1, 0.15) is 17.0 Å². The summed E-state index contributed by atoms with van der Waals surface area (Å²) in [6.07, 6.45) is 4.96. The number of rotatable bonds is 2. The van der Waals surface area contributed by atoms with Crippen molar-refractivity contribution in [1.82, 2.24) is 14.4 Å². The van der Waals surface area contributed by atoms with Crippen molar-refractivity contribution in [1.29, 1.82) is 0 Å². The molecule has 0 atom stereocenters. The molecule has 0 saturated heterocycles. The number of fused-ring (bicyclic) bond motifs is 1. The van der Waals surface area contributed by atoms with Crippen LogP contribution in [0, 0.1) is 6.92 Å². The van der Waals surface area contributed by atoms with Crippen LogP contribution in [0.3, 0.4) is 0 Å². The molecule has 0 radical (unpaired) electrons. The Labute approximate surface area is 90.2 Å². The van der Waals surface area contributed by atoms with E-state index in [1.54, 1.807) is 10.7 Å². The molecule has 2 heterocycles. The lowest BCUT2D eigenvalue weighted by Gasteiger charge is -2.01. The average molecular weight is 223 g/mol. The maximum absolute atomic E-state index is 10.7. The third-order valence-corrected chi connectivity index (χ3v) is 2.90. The molecule has 2 rings (SSSR count). The summed E-state index contributed by atoms with van der Waals surface area (Å²) in [4.78, 5) is 19.0. The smallest absolute Gasteiger partial charge is 0.356 e. The maximum atomic E-state index is 10.7. The topological polar surface area (TPSA) is 67.5 Å². The van der Waals surface area contributed by atoms with E-state index in [4.69, 9.17) is 5.11 Å². The number of carbonyl (C=O) groups is 1. The number of hydrogen-bond donors (Lipinski definition) is 1. The van der Waals surface area contributed by atoms with Crippen LogP contribution in [0.2, 0.25) is 0 Å². The molecule has 0 unspecified atom stereocenters. The van der Waals surface area contributed by atoms with Crippen molar-refractivity contribution in [3.05, 3.63) is 23.8 Å². The highest BCUT2D eigenvalue weighted by Gasteiger charge is 2.12. The fourth-order valence-corrected chi connectivity index (χ4v) is 1.93. The number of imidazole rings is 1. The van der Waals surface area contributed by atoms with Crippen molar-refractivity contribution in [3.8, 4) is 0 Å². The fourth-order valence-electron chi connectivity index (χ4n) is 1.38. The molecular weight excluding hydrogens is 214 g/mol. The molecule has 0 amide bonds. The zero-order chi connectivity index (χ0) is 11.0. The second-order valence-corrected chi connectivity index (χ2v) is 3.84. The number of aromatic nitrogens is 3. The van der Waals surface area contributed by atoms with Crippen LogP contribution in [-0.4, -0.2) is 31.7 Å². The Kier molecular flexibility index (Phi) is 2.36. The fraction of sp³-hybridized carbons (Fsp3) is 0.222. The van der Waals surface area contributed by atoms with Gasteiger partial charge in [0.05, 0.1) is 0 Å². The number of nitrogens with zero attached hydrogens (tertiary/aromatic N) is 3. The van der Waals surface area contributed by atoms with Crippen LogP contribution in [0.4, 0.5) is 0 Å². The lowest BCUT2D eigenvalue weighted by atomic mass is 10.4. The SMILES string of the molecule is CSc1ncn2cc(C(=O)O)nc2c1C. The predicted octanol–water partition coefficient (Wildman–Crippen LogP) is 1.46. The van der Waals surface area contributed by atoms with E-state index in [1.165, 1.54) is 18.0 Å². The molecule has 0 fully saturated rings. The first-order valence-corrected chi connectivity index (χ1v) is 5.47. The summed E-state index contributed by atoms with van der Waals surface area (Å²) in [6, 6.07) is 0. The highest BCUT2D eigenvalue weighted by molar-refractivity contribution is 7.98. The summed E-state index contributed by atoms with van der Waals surface area (Å²) in [5, 5.41) is 9.67. The number of carboxylic acids is 1. The Bertz CT molecular complexity index is 535. The summed E-state index contributed by atoms with van der Waals surface area (Å²) in [7, 11) is 0. The van der Waals surface area contributed by atoms with Crippen LogP contribution < -0.4 is 0 Å². The molecule has 2 aromatic rings. The molecule has 5 nitrogen and oxygen atoms in total. The van der Waals surface area contributed by atoms with Gasteiger partial charge < -0.3 is 5.11 Å². The molecule has 6 heteroatoms. The Morgan fingerprint density at radius 3 is 2.93 bits per heavy atom. The Morgan fingerprint density at radius 1 is 1.60 bits per heavy atom. The van der Waals surface area contributed by atoms with Gasteiger partial charge in [-0.15, -0.1) is 11.8 Å². The van der Waals surface area contributed by atoms with Gasteiger partial charge in [0, 0.05) is 11.8 Å². The van der Waals surface area contributed by atoms with E-state index < -0.39 is 5.97 Å². The van der Waals surface area contributed by atoms with E-state index in [0.29, 0.717) is 5.65 Å². The standard InChI is InChI=1S/C9H9N3O2S/c1-5-7-11-6(9(13)14)3-12(7)4-10-8(5)15-2/h3-4H,1-2H3,(H,13,14). The van der Waals surface area contributed by atoms with E-state index in [2.05, 4.69) is 9.97 Å². The molecule has 0 aliphatic rings. The highest BCUT2D eigenvalue weighted by atomic mass is 32.2. The lowest BCUT2D eigenvalue weighted by molar-refractivity contribution is 0.0691. The second-order valence-electron chi connectivity index (χ2n) is 3.04. The highest BCUT2D eigenvalue weighted by Crippen LogP contribution is 2.20. The molecule has 0 bridgehead atoms. The van der Waals surface area contributed by atoms with Crippen molar-refractivity contribution >= 4 is 23.4 Å². The molecule has 0 saturated carbocycles. The van der Waals surface area contributed by atoms with Crippen molar-refractivity contribution in [3.63, 3.8) is 0 Å². The Hall–Kier alpha value is -1.56. The second kappa shape index (κ2) is 3.54. The van der Waals surface area contributed by atoms with Gasteiger partial charge in [0.25, 0.3) is 0 Å².